The van der Waals surface area contributed by atoms with Crippen LogP contribution >= 0.6 is 0 Å². The number of alkyl halides is 2. The molecule has 0 unspecified atom stereocenters. The summed E-state index contributed by atoms with van der Waals surface area (Å²) in [6.45, 7) is 0.174. The fourth-order valence-electron chi connectivity index (χ4n) is 4.34. The lowest BCUT2D eigenvalue weighted by molar-refractivity contribution is -0.173. The molecule has 1 aromatic rings. The lowest BCUT2D eigenvalue weighted by Crippen LogP contribution is -2.46. The van der Waals surface area contributed by atoms with Gasteiger partial charge in [0.25, 0.3) is 0 Å². The third kappa shape index (κ3) is 4.20. The van der Waals surface area contributed by atoms with Crippen LogP contribution in [0.2, 0.25) is 0 Å². The summed E-state index contributed by atoms with van der Waals surface area (Å²) in [5.74, 6) is -3.00. The van der Waals surface area contributed by atoms with Crippen molar-refractivity contribution < 1.29 is 23.4 Å². The van der Waals surface area contributed by atoms with Gasteiger partial charge in [-0.05, 0) is 50.0 Å². The van der Waals surface area contributed by atoms with E-state index in [0.29, 0.717) is 25.7 Å². The monoisotopic (exact) mass is 352 g/mol. The normalized spacial score (nSPS) is 28.3. The Labute approximate surface area is 147 Å². The van der Waals surface area contributed by atoms with Gasteiger partial charge in [0.05, 0.1) is 11.5 Å². The number of esters is 1. The van der Waals surface area contributed by atoms with Crippen LogP contribution in [0.25, 0.3) is 0 Å². The lowest BCUT2D eigenvalue weighted by Gasteiger charge is -2.45. The minimum Gasteiger partial charge on any atom is -0.460 e. The zero-order valence-corrected chi connectivity index (χ0v) is 14.4. The van der Waals surface area contributed by atoms with Crippen LogP contribution in [0.3, 0.4) is 0 Å². The summed E-state index contributed by atoms with van der Waals surface area (Å²) in [6.07, 6.45) is 2.17. The van der Waals surface area contributed by atoms with Crippen molar-refractivity contribution in [2.45, 2.75) is 70.0 Å². The van der Waals surface area contributed by atoms with Gasteiger partial charge in [0.15, 0.2) is 0 Å². The highest BCUT2D eigenvalue weighted by atomic mass is 19.3. The molecule has 3 rings (SSSR count). The van der Waals surface area contributed by atoms with E-state index >= 15 is 0 Å². The van der Waals surface area contributed by atoms with Gasteiger partial charge in [-0.1, -0.05) is 30.3 Å². The van der Waals surface area contributed by atoms with Crippen molar-refractivity contribution in [2.75, 3.05) is 0 Å². The Morgan fingerprint density at radius 2 is 1.64 bits per heavy atom. The third-order valence-corrected chi connectivity index (χ3v) is 5.97. The van der Waals surface area contributed by atoms with E-state index in [4.69, 9.17) is 4.74 Å². The molecule has 2 saturated carbocycles. The molecule has 0 atom stereocenters. The number of carbonyl (C=O) groups excluding carboxylic acids is 1. The molecule has 0 radical (unpaired) electrons. The average Bonchev–Trinajstić information content (AvgIpc) is 2.62. The number of carbonyl (C=O) groups is 1. The maximum atomic E-state index is 13.7. The standard InChI is InChI=1S/C20H26F2O3/c21-20(22)12-10-19(11-13-20,16-6-8-17(23)9-7-16)18(24)25-14-15-4-2-1-3-5-15/h1-5,16-17,23H,6-14H2/t16-,17+. The van der Waals surface area contributed by atoms with Gasteiger partial charge in [-0.15, -0.1) is 0 Å². The van der Waals surface area contributed by atoms with E-state index in [0.717, 1.165) is 5.56 Å². The maximum Gasteiger partial charge on any atom is 0.312 e. The number of benzene rings is 1. The van der Waals surface area contributed by atoms with Crippen LogP contribution in [0.1, 0.15) is 56.9 Å². The molecule has 0 aliphatic heterocycles. The molecule has 138 valence electrons. The van der Waals surface area contributed by atoms with Gasteiger partial charge < -0.3 is 9.84 Å². The average molecular weight is 352 g/mol. The highest BCUT2D eigenvalue weighted by Crippen LogP contribution is 2.52. The number of aliphatic hydroxyl groups is 1. The van der Waals surface area contributed by atoms with Crippen molar-refractivity contribution in [2.24, 2.45) is 11.3 Å². The van der Waals surface area contributed by atoms with Gasteiger partial charge in [0, 0.05) is 12.8 Å². The largest absolute Gasteiger partial charge is 0.460 e. The second-order valence-electron chi connectivity index (χ2n) is 7.58. The molecule has 2 aliphatic rings. The van der Waals surface area contributed by atoms with Crippen LogP contribution in [0.5, 0.6) is 0 Å². The van der Waals surface area contributed by atoms with E-state index in [1.54, 1.807) is 0 Å². The third-order valence-electron chi connectivity index (χ3n) is 5.97. The molecule has 3 nitrogen and oxygen atoms in total. The van der Waals surface area contributed by atoms with Crippen LogP contribution < -0.4 is 0 Å². The first-order valence-corrected chi connectivity index (χ1v) is 9.18. The predicted octanol–water partition coefficient (Wildman–Crippen LogP) is 4.48. The molecular formula is C20H26F2O3. The zero-order chi connectivity index (χ0) is 17.9. The minimum absolute atomic E-state index is 0.0234. The van der Waals surface area contributed by atoms with Crippen molar-refractivity contribution in [1.29, 1.82) is 0 Å². The molecule has 25 heavy (non-hydrogen) atoms. The molecule has 2 aliphatic carbocycles. The van der Waals surface area contributed by atoms with Crippen LogP contribution in [-0.2, 0) is 16.1 Å². The van der Waals surface area contributed by atoms with Crippen LogP contribution in [0, 0.1) is 11.3 Å². The topological polar surface area (TPSA) is 46.5 Å². The lowest BCUT2D eigenvalue weighted by atomic mass is 9.61. The van der Waals surface area contributed by atoms with Crippen LogP contribution in [0.4, 0.5) is 8.78 Å². The summed E-state index contributed by atoms with van der Waals surface area (Å²) in [7, 11) is 0. The molecule has 0 amide bonds. The minimum atomic E-state index is -2.68. The zero-order valence-electron chi connectivity index (χ0n) is 14.4. The molecule has 0 saturated heterocycles. The quantitative estimate of drug-likeness (QED) is 0.813. The molecule has 1 aromatic carbocycles. The maximum absolute atomic E-state index is 13.7. The summed E-state index contributed by atoms with van der Waals surface area (Å²) in [4.78, 5) is 13.0. The van der Waals surface area contributed by atoms with Gasteiger partial charge in [-0.25, -0.2) is 8.78 Å². The smallest absolute Gasteiger partial charge is 0.312 e. The summed E-state index contributed by atoms with van der Waals surface area (Å²) in [5, 5.41) is 9.75. The Balaban J connectivity index is 1.72. The first-order valence-electron chi connectivity index (χ1n) is 9.18. The summed E-state index contributed by atoms with van der Waals surface area (Å²) in [5.41, 5.74) is 0.0718. The van der Waals surface area contributed by atoms with Crippen molar-refractivity contribution in [3.8, 4) is 0 Å². The second-order valence-corrected chi connectivity index (χ2v) is 7.58. The molecule has 0 bridgehead atoms. The number of aliphatic hydroxyl groups excluding tert-OH is 1. The summed E-state index contributed by atoms with van der Waals surface area (Å²) >= 11 is 0. The fourth-order valence-corrected chi connectivity index (χ4v) is 4.34. The van der Waals surface area contributed by atoms with Gasteiger partial charge in [-0.3, -0.25) is 4.79 Å². The molecule has 0 heterocycles. The van der Waals surface area contributed by atoms with Crippen molar-refractivity contribution in [3.05, 3.63) is 35.9 Å². The van der Waals surface area contributed by atoms with Crippen molar-refractivity contribution in [1.82, 2.24) is 0 Å². The Morgan fingerprint density at radius 1 is 1.04 bits per heavy atom. The Bertz CT molecular complexity index is 570. The van der Waals surface area contributed by atoms with Crippen molar-refractivity contribution in [3.63, 3.8) is 0 Å². The Kier molecular flexibility index (Phi) is 5.42. The summed E-state index contributed by atoms with van der Waals surface area (Å²) < 4.78 is 33.0. The first kappa shape index (κ1) is 18.3. The summed E-state index contributed by atoms with van der Waals surface area (Å²) in [6, 6.07) is 9.41. The fraction of sp³-hybridized carbons (Fsp3) is 0.650. The SMILES string of the molecule is O=C(OCc1ccccc1)C1([C@H]2CC[C@@H](O)CC2)CCC(F)(F)CC1. The number of hydrogen-bond donors (Lipinski definition) is 1. The van der Waals surface area contributed by atoms with Crippen LogP contribution in [-0.4, -0.2) is 23.1 Å². The second kappa shape index (κ2) is 7.40. The number of ether oxygens (including phenoxy) is 1. The predicted molar refractivity (Wildman–Crippen MR) is 90.1 cm³/mol. The van der Waals surface area contributed by atoms with E-state index < -0.39 is 11.3 Å². The Morgan fingerprint density at radius 3 is 2.24 bits per heavy atom. The molecule has 0 spiro atoms. The number of rotatable bonds is 4. The van der Waals surface area contributed by atoms with Gasteiger partial charge in [-0.2, -0.15) is 0 Å². The van der Waals surface area contributed by atoms with E-state index in [1.165, 1.54) is 0 Å². The van der Waals surface area contributed by atoms with E-state index in [1.807, 2.05) is 30.3 Å². The van der Waals surface area contributed by atoms with E-state index in [9.17, 15) is 18.7 Å². The molecular weight excluding hydrogens is 326 g/mol. The molecule has 0 aromatic heterocycles. The van der Waals surface area contributed by atoms with Gasteiger partial charge >= 0.3 is 5.97 Å². The highest BCUT2D eigenvalue weighted by molar-refractivity contribution is 5.77. The number of halogens is 2. The number of hydrogen-bond acceptors (Lipinski definition) is 3. The van der Waals surface area contributed by atoms with Crippen molar-refractivity contribution >= 4 is 5.97 Å². The van der Waals surface area contributed by atoms with E-state index in [2.05, 4.69) is 0 Å². The van der Waals surface area contributed by atoms with Crippen LogP contribution in [0.15, 0.2) is 30.3 Å². The first-order chi connectivity index (χ1) is 11.9. The van der Waals surface area contributed by atoms with E-state index in [-0.39, 0.29) is 50.3 Å². The highest BCUT2D eigenvalue weighted by Gasteiger charge is 2.53. The Hall–Kier alpha value is -1.49. The molecule has 5 heteroatoms. The molecule has 2 fully saturated rings. The van der Waals surface area contributed by atoms with Gasteiger partial charge in [0.1, 0.15) is 6.61 Å². The molecule has 1 N–H and O–H groups in total. The van der Waals surface area contributed by atoms with Gasteiger partial charge in [0.2, 0.25) is 5.92 Å².